The highest BCUT2D eigenvalue weighted by Crippen LogP contribution is 2.36. The Morgan fingerprint density at radius 3 is 1.95 bits per heavy atom. The van der Waals surface area contributed by atoms with E-state index in [-0.39, 0.29) is 0 Å². The summed E-state index contributed by atoms with van der Waals surface area (Å²) in [5.74, 6) is 1.58. The highest BCUT2D eigenvalue weighted by molar-refractivity contribution is 9.09. The lowest BCUT2D eigenvalue weighted by atomic mass is 9.73. The van der Waals surface area contributed by atoms with Gasteiger partial charge < -0.3 is 0 Å². The fourth-order valence-corrected chi connectivity index (χ4v) is 3.36. The van der Waals surface area contributed by atoms with Gasteiger partial charge in [0.25, 0.3) is 0 Å². The van der Waals surface area contributed by atoms with Crippen molar-refractivity contribution in [2.75, 3.05) is 0 Å². The molecule has 1 unspecified atom stereocenters. The van der Waals surface area contributed by atoms with Gasteiger partial charge in [0.2, 0.25) is 0 Å². The van der Waals surface area contributed by atoms with Crippen LogP contribution in [0.4, 0.5) is 0 Å². The first-order valence-corrected chi connectivity index (χ1v) is 9.06. The van der Waals surface area contributed by atoms with Crippen molar-refractivity contribution in [1.82, 2.24) is 0 Å². The average Bonchev–Trinajstić information content (AvgIpc) is 2.25. The van der Waals surface area contributed by atoms with Crippen molar-refractivity contribution in [3.05, 3.63) is 0 Å². The van der Waals surface area contributed by atoms with Crippen LogP contribution in [0.3, 0.4) is 0 Å². The summed E-state index contributed by atoms with van der Waals surface area (Å²) in [4.78, 5) is 0.691. The van der Waals surface area contributed by atoms with Crippen molar-refractivity contribution >= 4 is 15.9 Å². The van der Waals surface area contributed by atoms with Gasteiger partial charge in [0.15, 0.2) is 0 Å². The highest BCUT2D eigenvalue weighted by atomic mass is 79.9. The molecule has 0 aromatic heterocycles. The third-order valence-corrected chi connectivity index (χ3v) is 6.02. The molecule has 0 aliphatic heterocycles. The topological polar surface area (TPSA) is 0 Å². The molecule has 0 amide bonds. The fourth-order valence-electron chi connectivity index (χ4n) is 2.50. The van der Waals surface area contributed by atoms with Gasteiger partial charge in [-0.2, -0.15) is 0 Å². The molecule has 1 heteroatoms. The number of alkyl halides is 1. The van der Waals surface area contributed by atoms with Crippen molar-refractivity contribution < 1.29 is 0 Å². The fraction of sp³-hybridized carbons (Fsp3) is 1.00. The summed E-state index contributed by atoms with van der Waals surface area (Å²) in [6.07, 6.45) is 6.58. The molecule has 2 atom stereocenters. The first-order chi connectivity index (χ1) is 8.50. The monoisotopic (exact) mass is 332 g/mol. The molecule has 0 aromatic rings. The SMILES string of the molecule is CCC(C)(C)CCC(Br)C[C@H](C)CC(C)(C)C(C)C. The van der Waals surface area contributed by atoms with Crippen LogP contribution in [0.1, 0.15) is 87.5 Å². The molecule has 0 aromatic carbocycles. The molecule has 0 rings (SSSR count). The smallest absolute Gasteiger partial charge is 0.0148 e. The van der Waals surface area contributed by atoms with Gasteiger partial charge >= 0.3 is 0 Å². The Hall–Kier alpha value is 0.480. The van der Waals surface area contributed by atoms with Crippen LogP contribution >= 0.6 is 15.9 Å². The summed E-state index contributed by atoms with van der Waals surface area (Å²) in [6.45, 7) is 19.0. The van der Waals surface area contributed by atoms with E-state index < -0.39 is 0 Å². The van der Waals surface area contributed by atoms with Gasteiger partial charge in [-0.3, -0.25) is 0 Å². The lowest BCUT2D eigenvalue weighted by molar-refractivity contribution is 0.187. The number of halogens is 1. The van der Waals surface area contributed by atoms with Crippen molar-refractivity contribution in [3.63, 3.8) is 0 Å². The maximum absolute atomic E-state index is 3.90. The van der Waals surface area contributed by atoms with E-state index in [0.29, 0.717) is 15.7 Å². The molecule has 0 aliphatic carbocycles. The average molecular weight is 333 g/mol. The maximum atomic E-state index is 3.90. The van der Waals surface area contributed by atoms with E-state index in [1.54, 1.807) is 0 Å². The van der Waals surface area contributed by atoms with E-state index in [0.717, 1.165) is 11.8 Å². The van der Waals surface area contributed by atoms with Crippen LogP contribution in [-0.4, -0.2) is 4.83 Å². The predicted octanol–water partition coefficient (Wildman–Crippen LogP) is 7.06. The van der Waals surface area contributed by atoms with E-state index in [2.05, 4.69) is 71.3 Å². The molecule has 0 spiro atoms. The number of hydrogen-bond donors (Lipinski definition) is 0. The van der Waals surface area contributed by atoms with E-state index in [4.69, 9.17) is 0 Å². The Balaban J connectivity index is 4.10. The molecular formula is C18H37Br. The highest BCUT2D eigenvalue weighted by Gasteiger charge is 2.26. The van der Waals surface area contributed by atoms with E-state index in [9.17, 15) is 0 Å². The van der Waals surface area contributed by atoms with E-state index >= 15 is 0 Å². The lowest BCUT2D eigenvalue weighted by Crippen LogP contribution is -2.23. The van der Waals surface area contributed by atoms with Gasteiger partial charge in [0.05, 0.1) is 0 Å². The zero-order valence-electron chi connectivity index (χ0n) is 14.6. The molecule has 116 valence electrons. The van der Waals surface area contributed by atoms with Gasteiger partial charge in [-0.25, -0.2) is 0 Å². The molecule has 19 heavy (non-hydrogen) atoms. The van der Waals surface area contributed by atoms with Crippen molar-refractivity contribution in [3.8, 4) is 0 Å². The minimum atomic E-state index is 0.467. The van der Waals surface area contributed by atoms with Gasteiger partial charge in [-0.15, -0.1) is 0 Å². The molecule has 0 radical (unpaired) electrons. The molecule has 0 nitrogen and oxygen atoms in total. The Kier molecular flexibility index (Phi) is 8.26. The third kappa shape index (κ3) is 8.38. The first-order valence-electron chi connectivity index (χ1n) is 8.14. The second kappa shape index (κ2) is 8.05. The summed E-state index contributed by atoms with van der Waals surface area (Å²) in [5, 5.41) is 0. The first kappa shape index (κ1) is 19.5. The van der Waals surface area contributed by atoms with Crippen LogP contribution in [-0.2, 0) is 0 Å². The van der Waals surface area contributed by atoms with Crippen LogP contribution in [0.15, 0.2) is 0 Å². The van der Waals surface area contributed by atoms with Gasteiger partial charge in [-0.1, -0.05) is 77.7 Å². The maximum Gasteiger partial charge on any atom is 0.0148 e. The normalized spacial score (nSPS) is 16.7. The van der Waals surface area contributed by atoms with E-state index in [1.807, 2.05) is 0 Å². The zero-order valence-corrected chi connectivity index (χ0v) is 16.2. The second-order valence-corrected chi connectivity index (χ2v) is 9.64. The van der Waals surface area contributed by atoms with Gasteiger partial charge in [-0.05, 0) is 48.3 Å². The Morgan fingerprint density at radius 1 is 1.00 bits per heavy atom. The number of rotatable bonds is 9. The van der Waals surface area contributed by atoms with Crippen LogP contribution in [0, 0.1) is 22.7 Å². The molecule has 0 heterocycles. The van der Waals surface area contributed by atoms with Crippen LogP contribution in [0.2, 0.25) is 0 Å². The Labute approximate surface area is 131 Å². The quantitative estimate of drug-likeness (QED) is 0.396. The molecule has 0 N–H and O–H groups in total. The minimum Gasteiger partial charge on any atom is -0.0891 e. The lowest BCUT2D eigenvalue weighted by Gasteiger charge is -2.33. The molecule has 0 saturated carbocycles. The molecular weight excluding hydrogens is 296 g/mol. The summed E-state index contributed by atoms with van der Waals surface area (Å²) >= 11 is 3.90. The summed E-state index contributed by atoms with van der Waals surface area (Å²) < 4.78 is 0. The molecule has 0 fully saturated rings. The van der Waals surface area contributed by atoms with Gasteiger partial charge in [0, 0.05) is 4.83 Å². The van der Waals surface area contributed by atoms with Gasteiger partial charge in [0.1, 0.15) is 0 Å². The van der Waals surface area contributed by atoms with E-state index in [1.165, 1.54) is 32.1 Å². The summed E-state index contributed by atoms with van der Waals surface area (Å²) in [6, 6.07) is 0. The largest absolute Gasteiger partial charge is 0.0891 e. The minimum absolute atomic E-state index is 0.467. The van der Waals surface area contributed by atoms with Crippen LogP contribution in [0.5, 0.6) is 0 Å². The van der Waals surface area contributed by atoms with Crippen molar-refractivity contribution in [2.24, 2.45) is 22.7 Å². The Morgan fingerprint density at radius 2 is 1.53 bits per heavy atom. The molecule has 0 bridgehead atoms. The predicted molar refractivity (Wildman–Crippen MR) is 93.0 cm³/mol. The third-order valence-electron chi connectivity index (χ3n) is 5.19. The summed E-state index contributed by atoms with van der Waals surface area (Å²) in [5.41, 5.74) is 0.973. The standard InChI is InChI=1S/C18H37Br/c1-9-17(5,6)11-10-16(19)12-15(4)13-18(7,8)14(2)3/h14-16H,9-13H2,1-8H3/t15-,16?/m0/s1. The zero-order chi connectivity index (χ0) is 15.3. The Bertz CT molecular complexity index is 240. The van der Waals surface area contributed by atoms with Crippen LogP contribution in [0.25, 0.3) is 0 Å². The molecule has 0 saturated heterocycles. The number of hydrogen-bond acceptors (Lipinski definition) is 0. The van der Waals surface area contributed by atoms with Crippen molar-refractivity contribution in [1.29, 1.82) is 0 Å². The molecule has 0 aliphatic rings. The second-order valence-electron chi connectivity index (χ2n) is 8.34. The van der Waals surface area contributed by atoms with Crippen LogP contribution < -0.4 is 0 Å². The summed E-state index contributed by atoms with van der Waals surface area (Å²) in [7, 11) is 0. The van der Waals surface area contributed by atoms with Crippen molar-refractivity contribution in [2.45, 2.75) is 92.3 Å².